The van der Waals surface area contributed by atoms with Crippen LogP contribution in [0, 0.1) is 21.8 Å². The highest BCUT2D eigenvalue weighted by Crippen LogP contribution is 2.32. The molecule has 0 bridgehead atoms. The zero-order chi connectivity index (χ0) is 24.9. The second-order valence-corrected chi connectivity index (χ2v) is 8.38. The predicted molar refractivity (Wildman–Crippen MR) is 130 cm³/mol. The molecule has 1 aliphatic rings. The average molecular weight is 483 g/mol. The molecule has 0 saturated carbocycles. The fourth-order valence-electron chi connectivity index (χ4n) is 4.19. The first-order chi connectivity index (χ1) is 16.9. The van der Waals surface area contributed by atoms with E-state index < -0.39 is 16.6 Å². The number of rotatable bonds is 9. The smallest absolute Gasteiger partial charge is 0.311 e. The van der Waals surface area contributed by atoms with Gasteiger partial charge < -0.3 is 25.8 Å². The van der Waals surface area contributed by atoms with Crippen molar-refractivity contribution in [3.05, 3.63) is 65.0 Å². The van der Waals surface area contributed by atoms with Crippen LogP contribution in [-0.2, 0) is 4.79 Å². The quantitative estimate of drug-likeness (QED) is 0.309. The first-order valence-electron chi connectivity index (χ1n) is 11.4. The van der Waals surface area contributed by atoms with Gasteiger partial charge in [0, 0.05) is 37.2 Å². The van der Waals surface area contributed by atoms with Gasteiger partial charge in [0.05, 0.1) is 22.9 Å². The normalized spacial score (nSPS) is 16.5. The van der Waals surface area contributed by atoms with E-state index in [0.717, 1.165) is 12.8 Å². The van der Waals surface area contributed by atoms with Crippen LogP contribution in [0.4, 0.5) is 33.1 Å². The summed E-state index contributed by atoms with van der Waals surface area (Å²) in [4.78, 5) is 32.8. The standard InChI is InChI=1S/C23H27FN8O3/c1-2-21(31-11-9-26-14-31)28-20-8-7-19(32(34)35)23(29-20)27-16-5-6-18(17(24)12-16)30-10-3-4-15(13-30)22(25)33/h5-9,11-12,14-15,21H,2-4,10,13H2,1H3,(H2,25,33)(H2,27,28,29). The number of anilines is 4. The van der Waals surface area contributed by atoms with Gasteiger partial charge in [-0.2, -0.15) is 0 Å². The Morgan fingerprint density at radius 2 is 2.20 bits per heavy atom. The van der Waals surface area contributed by atoms with Crippen molar-refractivity contribution in [3.8, 4) is 0 Å². The maximum absolute atomic E-state index is 15.0. The van der Waals surface area contributed by atoms with Crippen LogP contribution in [0.25, 0.3) is 0 Å². The topological polar surface area (TPSA) is 144 Å². The summed E-state index contributed by atoms with van der Waals surface area (Å²) in [6, 6.07) is 7.34. The molecule has 1 aromatic carbocycles. The fraction of sp³-hybridized carbons (Fsp3) is 0.348. The first kappa shape index (κ1) is 23.9. The highest BCUT2D eigenvalue weighted by atomic mass is 19.1. The van der Waals surface area contributed by atoms with Crippen LogP contribution in [0.2, 0.25) is 0 Å². The van der Waals surface area contributed by atoms with E-state index in [9.17, 15) is 14.9 Å². The fourth-order valence-corrected chi connectivity index (χ4v) is 4.19. The summed E-state index contributed by atoms with van der Waals surface area (Å²) >= 11 is 0. The lowest BCUT2D eigenvalue weighted by Gasteiger charge is -2.33. The molecule has 35 heavy (non-hydrogen) atoms. The van der Waals surface area contributed by atoms with Crippen LogP contribution in [0.15, 0.2) is 49.1 Å². The SMILES string of the molecule is CCC(Nc1ccc([N+](=O)[O-])c(Nc2ccc(N3CCCC(C(N)=O)C3)c(F)c2)n1)n1ccnc1. The van der Waals surface area contributed by atoms with Crippen molar-refractivity contribution in [1.82, 2.24) is 14.5 Å². The number of nitrogens with two attached hydrogens (primary N) is 1. The number of hydrogen-bond donors (Lipinski definition) is 3. The summed E-state index contributed by atoms with van der Waals surface area (Å²) < 4.78 is 16.9. The highest BCUT2D eigenvalue weighted by molar-refractivity contribution is 5.78. The highest BCUT2D eigenvalue weighted by Gasteiger charge is 2.26. The van der Waals surface area contributed by atoms with Gasteiger partial charge in [-0.1, -0.05) is 6.92 Å². The lowest BCUT2D eigenvalue weighted by atomic mass is 9.97. The number of nitro groups is 1. The molecule has 3 aromatic rings. The Morgan fingerprint density at radius 1 is 1.37 bits per heavy atom. The molecule has 184 valence electrons. The van der Waals surface area contributed by atoms with Crippen molar-refractivity contribution in [3.63, 3.8) is 0 Å². The number of aromatic nitrogens is 3. The Balaban J connectivity index is 1.55. The summed E-state index contributed by atoms with van der Waals surface area (Å²) in [6.45, 7) is 2.96. The Hall–Kier alpha value is -4.22. The minimum absolute atomic E-state index is 0.0144. The van der Waals surface area contributed by atoms with Crippen molar-refractivity contribution in [2.45, 2.75) is 32.4 Å². The predicted octanol–water partition coefficient (Wildman–Crippen LogP) is 3.79. The van der Waals surface area contributed by atoms with E-state index in [0.29, 0.717) is 36.7 Å². The number of primary amides is 1. The zero-order valence-corrected chi connectivity index (χ0v) is 19.2. The van der Waals surface area contributed by atoms with Crippen LogP contribution < -0.4 is 21.3 Å². The van der Waals surface area contributed by atoms with E-state index in [2.05, 4.69) is 20.6 Å². The molecule has 4 rings (SSSR count). The van der Waals surface area contributed by atoms with Crippen molar-refractivity contribution < 1.29 is 14.1 Å². The molecule has 3 heterocycles. The number of piperidine rings is 1. The van der Waals surface area contributed by atoms with Gasteiger partial charge in [-0.05, 0) is 43.5 Å². The first-order valence-corrected chi connectivity index (χ1v) is 11.4. The van der Waals surface area contributed by atoms with Gasteiger partial charge in [0.15, 0.2) is 0 Å². The molecule has 1 saturated heterocycles. The summed E-state index contributed by atoms with van der Waals surface area (Å²) in [5.74, 6) is -0.819. The monoisotopic (exact) mass is 482 g/mol. The molecular weight excluding hydrogens is 455 g/mol. The van der Waals surface area contributed by atoms with Crippen molar-refractivity contribution in [2.24, 2.45) is 11.7 Å². The van der Waals surface area contributed by atoms with Gasteiger partial charge in [0.1, 0.15) is 17.8 Å². The maximum atomic E-state index is 15.0. The van der Waals surface area contributed by atoms with Gasteiger partial charge in [-0.3, -0.25) is 14.9 Å². The third kappa shape index (κ3) is 5.48. The van der Waals surface area contributed by atoms with E-state index in [1.807, 2.05) is 17.7 Å². The van der Waals surface area contributed by atoms with Crippen molar-refractivity contribution in [2.75, 3.05) is 28.6 Å². The average Bonchev–Trinajstić information content (AvgIpc) is 3.37. The Kier molecular flexibility index (Phi) is 7.09. The van der Waals surface area contributed by atoms with E-state index >= 15 is 4.39 Å². The van der Waals surface area contributed by atoms with Gasteiger partial charge in [0.2, 0.25) is 11.7 Å². The molecule has 2 aromatic heterocycles. The van der Waals surface area contributed by atoms with E-state index in [1.165, 1.54) is 18.2 Å². The van der Waals surface area contributed by atoms with Crippen LogP contribution in [0.3, 0.4) is 0 Å². The lowest BCUT2D eigenvalue weighted by molar-refractivity contribution is -0.384. The van der Waals surface area contributed by atoms with E-state index in [1.54, 1.807) is 29.6 Å². The maximum Gasteiger partial charge on any atom is 0.311 e. The number of nitrogens with zero attached hydrogens (tertiary/aromatic N) is 5. The number of benzene rings is 1. The number of imidazole rings is 1. The number of carbonyl (C=O) groups excluding carboxylic acids is 1. The number of pyridine rings is 1. The summed E-state index contributed by atoms with van der Waals surface area (Å²) in [6.07, 6.45) is 7.14. The Labute approximate surface area is 201 Å². The summed E-state index contributed by atoms with van der Waals surface area (Å²) in [5.41, 5.74) is 5.85. The molecule has 1 fully saturated rings. The summed E-state index contributed by atoms with van der Waals surface area (Å²) in [5, 5.41) is 17.7. The van der Waals surface area contributed by atoms with Crippen molar-refractivity contribution >= 4 is 34.6 Å². The second-order valence-electron chi connectivity index (χ2n) is 8.38. The molecule has 0 aliphatic carbocycles. The molecule has 11 nitrogen and oxygen atoms in total. The minimum Gasteiger partial charge on any atom is -0.369 e. The minimum atomic E-state index is -0.547. The van der Waals surface area contributed by atoms with Crippen molar-refractivity contribution in [1.29, 1.82) is 0 Å². The molecule has 2 unspecified atom stereocenters. The number of hydrogen-bond acceptors (Lipinski definition) is 8. The number of halogens is 1. The lowest BCUT2D eigenvalue weighted by Crippen LogP contribution is -2.41. The van der Waals surface area contributed by atoms with Crippen LogP contribution in [0.1, 0.15) is 32.4 Å². The third-order valence-corrected chi connectivity index (χ3v) is 6.03. The largest absolute Gasteiger partial charge is 0.369 e. The van der Waals surface area contributed by atoms with Crippen LogP contribution in [-0.4, -0.2) is 38.5 Å². The Morgan fingerprint density at radius 3 is 2.86 bits per heavy atom. The van der Waals surface area contributed by atoms with Gasteiger partial charge in [-0.15, -0.1) is 0 Å². The summed E-state index contributed by atoms with van der Waals surface area (Å²) in [7, 11) is 0. The molecule has 0 radical (unpaired) electrons. The molecule has 12 heteroatoms. The number of amides is 1. The van der Waals surface area contributed by atoms with E-state index in [4.69, 9.17) is 5.73 Å². The number of carbonyl (C=O) groups is 1. The van der Waals surface area contributed by atoms with Crippen LogP contribution in [0.5, 0.6) is 0 Å². The zero-order valence-electron chi connectivity index (χ0n) is 19.2. The number of nitrogens with one attached hydrogen (secondary N) is 2. The third-order valence-electron chi connectivity index (χ3n) is 6.03. The van der Waals surface area contributed by atoms with Crippen LogP contribution >= 0.6 is 0 Å². The van der Waals surface area contributed by atoms with Gasteiger partial charge in [0.25, 0.3) is 0 Å². The molecule has 4 N–H and O–H groups in total. The van der Waals surface area contributed by atoms with Gasteiger partial charge in [-0.25, -0.2) is 14.4 Å². The Bertz CT molecular complexity index is 1200. The molecule has 1 amide bonds. The molecule has 2 atom stereocenters. The van der Waals surface area contributed by atoms with E-state index in [-0.39, 0.29) is 23.6 Å². The molecule has 1 aliphatic heterocycles. The second kappa shape index (κ2) is 10.4. The molecule has 0 spiro atoms. The van der Waals surface area contributed by atoms with Gasteiger partial charge >= 0.3 is 5.69 Å². The molecular formula is C23H27FN8O3.